The highest BCUT2D eigenvalue weighted by Crippen LogP contribution is 2.34. The zero-order valence-electron chi connectivity index (χ0n) is 61.3. The molecule has 3 aliphatic rings. The van der Waals surface area contributed by atoms with E-state index in [9.17, 15) is 61.4 Å². The normalized spacial score (nSPS) is 19.2. The summed E-state index contributed by atoms with van der Waals surface area (Å²) in [4.78, 5) is 132. The minimum Gasteiger partial charge on any atom is -0.445 e. The van der Waals surface area contributed by atoms with Crippen molar-refractivity contribution in [3.63, 3.8) is 0 Å². The Morgan fingerprint density at radius 1 is 0.707 bits per heavy atom. The number of aliphatic hydroxyl groups is 1. The molecule has 13 atom stereocenters. The molecule has 3 fully saturated rings. The number of likely N-dealkylation sites (tertiary alicyclic amines) is 2. The number of amides is 6. The number of carbonyl (C=O) groups excluding carboxylic acids is 9. The van der Waals surface area contributed by atoms with Gasteiger partial charge < -0.3 is 44.1 Å². The molecule has 2 aromatic rings. The maximum atomic E-state index is 14.9. The maximum absolute atomic E-state index is 14.9. The van der Waals surface area contributed by atoms with E-state index in [2.05, 4.69) is 15.5 Å². The molecule has 0 aromatic heterocycles. The topological polar surface area (TPSA) is 251 Å². The van der Waals surface area contributed by atoms with E-state index in [0.717, 1.165) is 10.5 Å². The standard InChI is InChI=1S/C75H116F3N7O14/c1-15-50(8)69(62(96-13)45-66(91)84-37-23-27-58(84)71(97-14)52(10)59(86)42-51(9)70(92)54-24-18-16-19-25-54)81(11)73(94)57(47(2)3)44-61(88)68(49(6)7)82(12)74(95)99-46-53-29-31-56(32-30-53)79-72(93)55(26-22-35-83-38-40-98-41-39-83)43-60(87)67(48(4)5)80-63(75(76,77)78)28-20-17-21-36-85-64(89)33-34-65(85)90/h16,18-19,24-25,29-32,47-52,55,57-58,62-63,67-71,80,92H,15,17,20-23,26-28,33-46H2,1-14H3,(H,79,93)/t50-,51-,52-,55+,57-,58?,62+,63-,67-,68-,69-,70+,71+/m0/s1. The zero-order valence-corrected chi connectivity index (χ0v) is 61.3. The Labute approximate surface area is 586 Å². The van der Waals surface area contributed by atoms with Gasteiger partial charge in [0.25, 0.3) is 0 Å². The minimum atomic E-state index is -4.68. The van der Waals surface area contributed by atoms with E-state index < -0.39 is 102 Å². The van der Waals surface area contributed by atoms with Crippen LogP contribution in [0.4, 0.5) is 23.7 Å². The number of morpholine rings is 1. The molecule has 99 heavy (non-hydrogen) atoms. The van der Waals surface area contributed by atoms with Gasteiger partial charge in [-0.15, -0.1) is 0 Å². The molecule has 6 amide bonds. The number of benzene rings is 2. The van der Waals surface area contributed by atoms with Crippen LogP contribution in [0.15, 0.2) is 54.6 Å². The number of imide groups is 1. The van der Waals surface area contributed by atoms with Gasteiger partial charge in [-0.1, -0.05) is 131 Å². The van der Waals surface area contributed by atoms with Gasteiger partial charge in [-0.2, -0.15) is 13.2 Å². The number of ether oxygens (including phenoxy) is 4. The van der Waals surface area contributed by atoms with Gasteiger partial charge in [0, 0.05) is 110 Å². The first-order chi connectivity index (χ1) is 46.8. The number of halogens is 3. The summed E-state index contributed by atoms with van der Waals surface area (Å²) in [6, 6.07) is 10.6. The maximum Gasteiger partial charge on any atom is 0.410 e. The Kier molecular flexibility index (Phi) is 34.1. The molecule has 0 spiro atoms. The molecule has 21 nitrogen and oxygen atoms in total. The molecule has 1 unspecified atom stereocenters. The van der Waals surface area contributed by atoms with Gasteiger partial charge in [0.15, 0.2) is 11.6 Å². The molecule has 5 rings (SSSR count). The summed E-state index contributed by atoms with van der Waals surface area (Å²) in [5.74, 6) is -6.52. The monoisotopic (exact) mass is 1400 g/mol. The molecule has 0 radical (unpaired) electrons. The van der Waals surface area contributed by atoms with Crippen molar-refractivity contribution in [3.8, 4) is 0 Å². The van der Waals surface area contributed by atoms with Gasteiger partial charge in [0.2, 0.25) is 29.5 Å². The molecule has 24 heteroatoms. The molecule has 556 valence electrons. The van der Waals surface area contributed by atoms with Crippen molar-refractivity contribution in [1.29, 1.82) is 0 Å². The summed E-state index contributed by atoms with van der Waals surface area (Å²) < 4.78 is 67.1. The Bertz CT molecular complexity index is 2900. The van der Waals surface area contributed by atoms with Crippen LogP contribution in [0, 0.1) is 47.3 Å². The van der Waals surface area contributed by atoms with Crippen LogP contribution in [0.25, 0.3) is 0 Å². The largest absolute Gasteiger partial charge is 0.445 e. The molecule has 3 N–H and O–H groups in total. The smallest absolute Gasteiger partial charge is 0.410 e. The van der Waals surface area contributed by atoms with Gasteiger partial charge in [0.05, 0.1) is 62.1 Å². The second-order valence-corrected chi connectivity index (χ2v) is 28.9. The van der Waals surface area contributed by atoms with Crippen LogP contribution in [-0.4, -0.2) is 205 Å². The van der Waals surface area contributed by atoms with Crippen molar-refractivity contribution in [1.82, 2.24) is 29.8 Å². The summed E-state index contributed by atoms with van der Waals surface area (Å²) >= 11 is 0. The van der Waals surface area contributed by atoms with Crippen molar-refractivity contribution in [3.05, 3.63) is 65.7 Å². The molecular formula is C75H116F3N7O14. The van der Waals surface area contributed by atoms with Gasteiger partial charge >= 0.3 is 12.3 Å². The lowest BCUT2D eigenvalue weighted by Crippen LogP contribution is -2.54. The van der Waals surface area contributed by atoms with Crippen molar-refractivity contribution in [2.45, 2.75) is 227 Å². The number of nitrogens with one attached hydrogen (secondary N) is 2. The Balaban J connectivity index is 1.20. The third kappa shape index (κ3) is 24.5. The summed E-state index contributed by atoms with van der Waals surface area (Å²) in [5, 5.41) is 16.5. The lowest BCUT2D eigenvalue weighted by atomic mass is 9.83. The summed E-state index contributed by atoms with van der Waals surface area (Å²) in [7, 11) is 6.22. The molecule has 2 aromatic carbocycles. The SMILES string of the molecule is CC[C@H](C)[C@@H]([C@@H](CC(=O)N1CCCC1[C@H](OC)[C@@H](C)C(=O)C[C@H](C)[C@@H](O)c1ccccc1)OC)N(C)C(=O)[C@@H](CC(=O)[C@H](C(C)C)N(C)C(=O)OCc1ccc(NC(=O)[C@H](CCCN2CCOCC2)CC(=O)[C@@H](N[C@@H](CCCCCN2C(=O)CCC2=O)C(F)(F)F)C(C)C)cc1)C(C)C. The van der Waals surface area contributed by atoms with Crippen LogP contribution >= 0.6 is 0 Å². The number of unbranched alkanes of at least 4 members (excludes halogenated alkanes) is 2. The van der Waals surface area contributed by atoms with E-state index in [-0.39, 0.29) is 124 Å². The van der Waals surface area contributed by atoms with Crippen LogP contribution in [0.5, 0.6) is 0 Å². The van der Waals surface area contributed by atoms with E-state index >= 15 is 0 Å². The average molecular weight is 1400 g/mol. The van der Waals surface area contributed by atoms with Crippen molar-refractivity contribution < 1.29 is 80.4 Å². The third-order valence-corrected chi connectivity index (χ3v) is 20.6. The molecule has 3 heterocycles. The molecule has 0 aliphatic carbocycles. The quantitative estimate of drug-likeness (QED) is 0.0413. The Hall–Kier alpha value is -6.18. The predicted molar refractivity (Wildman–Crippen MR) is 372 cm³/mol. The third-order valence-electron chi connectivity index (χ3n) is 20.6. The van der Waals surface area contributed by atoms with E-state index in [0.29, 0.717) is 89.2 Å². The van der Waals surface area contributed by atoms with Gasteiger partial charge in [-0.25, -0.2) is 4.79 Å². The first-order valence-electron chi connectivity index (χ1n) is 36.0. The summed E-state index contributed by atoms with van der Waals surface area (Å²) in [6.45, 7) is 21.9. The fourth-order valence-corrected chi connectivity index (χ4v) is 14.4. The lowest BCUT2D eigenvalue weighted by Gasteiger charge is -2.41. The highest BCUT2D eigenvalue weighted by molar-refractivity contribution is 6.02. The highest BCUT2D eigenvalue weighted by Gasteiger charge is 2.46. The number of ketones is 3. The number of methoxy groups -OCH3 is 2. The van der Waals surface area contributed by atoms with Gasteiger partial charge in [-0.05, 0) is 97.9 Å². The molecule has 3 aliphatic heterocycles. The number of hydrogen-bond acceptors (Lipinski definition) is 16. The second-order valence-electron chi connectivity index (χ2n) is 28.9. The second kappa shape index (κ2) is 40.5. The average Bonchev–Trinajstić information content (AvgIpc) is 1.80. The van der Waals surface area contributed by atoms with Crippen molar-refractivity contribution in [2.75, 3.05) is 79.6 Å². The highest BCUT2D eigenvalue weighted by atomic mass is 19.4. The molecular weight excluding hydrogens is 1280 g/mol. The van der Waals surface area contributed by atoms with Crippen LogP contribution < -0.4 is 10.6 Å². The van der Waals surface area contributed by atoms with Crippen LogP contribution in [0.2, 0.25) is 0 Å². The fourth-order valence-electron chi connectivity index (χ4n) is 14.4. The Morgan fingerprint density at radius 3 is 1.93 bits per heavy atom. The lowest BCUT2D eigenvalue weighted by molar-refractivity contribution is -0.161. The van der Waals surface area contributed by atoms with Crippen LogP contribution in [0.3, 0.4) is 0 Å². The summed E-state index contributed by atoms with van der Waals surface area (Å²) in [6.07, 6.45) is -4.50. The number of alkyl halides is 3. The Morgan fingerprint density at radius 2 is 1.35 bits per heavy atom. The van der Waals surface area contributed by atoms with Crippen LogP contribution in [0.1, 0.15) is 183 Å². The number of nitrogens with zero attached hydrogens (tertiary/aromatic N) is 5. The number of rotatable bonds is 42. The number of Topliss-reactive ketones (excluding diaryl/α,β-unsaturated/α-hetero) is 3. The molecule has 0 bridgehead atoms. The van der Waals surface area contributed by atoms with E-state index in [4.69, 9.17) is 18.9 Å². The van der Waals surface area contributed by atoms with E-state index in [1.807, 2.05) is 71.9 Å². The number of anilines is 1. The number of hydrogen-bond donors (Lipinski definition) is 3. The fraction of sp³-hybridized carbons (Fsp3) is 0.720. The van der Waals surface area contributed by atoms with Crippen molar-refractivity contribution >= 4 is 58.7 Å². The predicted octanol–water partition coefficient (Wildman–Crippen LogP) is 10.6. The minimum absolute atomic E-state index is 0.0607. The van der Waals surface area contributed by atoms with E-state index in [1.54, 1.807) is 75.9 Å². The van der Waals surface area contributed by atoms with Crippen LogP contribution in [-0.2, 0) is 63.9 Å². The van der Waals surface area contributed by atoms with Gasteiger partial charge in [0.1, 0.15) is 18.4 Å². The first kappa shape index (κ1) is 83.5. The number of aliphatic hydroxyl groups excluding tert-OH is 1. The molecule has 3 saturated heterocycles. The molecule has 0 saturated carbocycles. The number of likely N-dealkylation sites (N-methyl/N-ethyl adjacent to an activating group) is 2. The van der Waals surface area contributed by atoms with Crippen molar-refractivity contribution in [2.24, 2.45) is 47.3 Å². The number of carbonyl (C=O) groups is 9. The zero-order chi connectivity index (χ0) is 73.4. The van der Waals surface area contributed by atoms with Gasteiger partial charge in [-0.3, -0.25) is 53.5 Å². The van der Waals surface area contributed by atoms with E-state index in [1.165, 1.54) is 19.1 Å². The first-order valence-corrected chi connectivity index (χ1v) is 36.0. The summed E-state index contributed by atoms with van der Waals surface area (Å²) in [5.41, 5.74) is 1.65.